The summed E-state index contributed by atoms with van der Waals surface area (Å²) >= 11 is 0. The van der Waals surface area contributed by atoms with Gasteiger partial charge in [-0.15, -0.1) is 0 Å². The molecule has 0 aromatic heterocycles. The van der Waals surface area contributed by atoms with E-state index in [0.29, 0.717) is 13.1 Å². The van der Waals surface area contributed by atoms with Gasteiger partial charge in [0, 0.05) is 6.54 Å². The number of nitrogens with zero attached hydrogens (tertiary/aromatic N) is 1. The van der Waals surface area contributed by atoms with Gasteiger partial charge in [0.05, 0.1) is 6.54 Å². The maximum atomic E-state index is 4.88. The lowest BCUT2D eigenvalue weighted by molar-refractivity contribution is 0.740. The molecule has 3 rings (SSSR count). The standard InChI is InChI=1S/C18H18.C3H9N3/c1-2-7-18-16-10-5-3-8-14(16)12-13-15-9-4-6-11-17(15)18;1-5-2-3-6-4/h3-11H,2,12-13H2,1H3;6H,1-4H2. The minimum Gasteiger partial charge on any atom is -0.300 e. The highest BCUT2D eigenvalue weighted by Crippen LogP contribution is 2.33. The summed E-state index contributed by atoms with van der Waals surface area (Å²) in [4.78, 5) is 3.53. The zero-order valence-corrected chi connectivity index (χ0v) is 14.5. The zero-order chi connectivity index (χ0) is 17.2. The maximum absolute atomic E-state index is 4.88. The summed E-state index contributed by atoms with van der Waals surface area (Å²) in [6.07, 6.45) is 5.74. The number of aliphatic imine (C=N–C) groups is 1. The van der Waals surface area contributed by atoms with Crippen LogP contribution in [0.1, 0.15) is 35.6 Å². The number of nitrogens with one attached hydrogen (secondary N) is 1. The van der Waals surface area contributed by atoms with Crippen molar-refractivity contribution in [1.82, 2.24) is 5.43 Å². The molecule has 1 aliphatic rings. The minimum absolute atomic E-state index is 0.691. The molecule has 126 valence electrons. The van der Waals surface area contributed by atoms with Crippen LogP contribution in [0.15, 0.2) is 59.6 Å². The molecular formula is C21H27N3. The highest BCUT2D eigenvalue weighted by molar-refractivity contribution is 5.83. The average Bonchev–Trinajstić information content (AvgIpc) is 2.79. The Kier molecular flexibility index (Phi) is 7.40. The van der Waals surface area contributed by atoms with Crippen LogP contribution in [0.4, 0.5) is 0 Å². The number of hydrogen-bond donors (Lipinski definition) is 2. The Balaban J connectivity index is 0.000000301. The second-order valence-electron chi connectivity index (χ2n) is 5.74. The first kappa shape index (κ1) is 18.1. The SMILES string of the molecule is C=NCCNN.CCC=C1c2ccccc2CCc2ccccc21. The molecule has 0 aliphatic heterocycles. The lowest BCUT2D eigenvalue weighted by atomic mass is 9.93. The third kappa shape index (κ3) is 4.63. The molecule has 24 heavy (non-hydrogen) atoms. The predicted molar refractivity (Wildman–Crippen MR) is 104 cm³/mol. The smallest absolute Gasteiger partial charge is 0.0520 e. The highest BCUT2D eigenvalue weighted by Gasteiger charge is 2.16. The van der Waals surface area contributed by atoms with Gasteiger partial charge >= 0.3 is 0 Å². The summed E-state index contributed by atoms with van der Waals surface area (Å²) in [6, 6.07) is 17.7. The van der Waals surface area contributed by atoms with Crippen LogP contribution in [-0.4, -0.2) is 19.8 Å². The molecule has 0 bridgehead atoms. The predicted octanol–water partition coefficient (Wildman–Crippen LogP) is 3.78. The molecule has 0 radical (unpaired) electrons. The Bertz CT molecular complexity index is 639. The number of allylic oxidation sites excluding steroid dienone is 1. The summed E-state index contributed by atoms with van der Waals surface area (Å²) in [7, 11) is 0. The monoisotopic (exact) mass is 321 g/mol. The van der Waals surface area contributed by atoms with Crippen molar-refractivity contribution in [2.24, 2.45) is 10.8 Å². The van der Waals surface area contributed by atoms with Gasteiger partial charge in [0.25, 0.3) is 0 Å². The van der Waals surface area contributed by atoms with Gasteiger partial charge in [-0.1, -0.05) is 61.5 Å². The molecule has 3 heteroatoms. The van der Waals surface area contributed by atoms with Crippen LogP contribution >= 0.6 is 0 Å². The number of hydrogen-bond acceptors (Lipinski definition) is 3. The Morgan fingerprint density at radius 2 is 1.58 bits per heavy atom. The van der Waals surface area contributed by atoms with E-state index in [4.69, 9.17) is 5.84 Å². The first-order valence-electron chi connectivity index (χ1n) is 8.54. The van der Waals surface area contributed by atoms with Crippen molar-refractivity contribution in [2.45, 2.75) is 26.2 Å². The topological polar surface area (TPSA) is 50.4 Å². The largest absolute Gasteiger partial charge is 0.300 e. The first-order valence-corrected chi connectivity index (χ1v) is 8.54. The average molecular weight is 321 g/mol. The van der Waals surface area contributed by atoms with E-state index < -0.39 is 0 Å². The van der Waals surface area contributed by atoms with Crippen LogP contribution in [0.25, 0.3) is 5.57 Å². The van der Waals surface area contributed by atoms with Crippen molar-refractivity contribution in [3.8, 4) is 0 Å². The van der Waals surface area contributed by atoms with E-state index in [1.54, 1.807) is 0 Å². The van der Waals surface area contributed by atoms with E-state index >= 15 is 0 Å². The number of fused-ring (bicyclic) bond motifs is 2. The molecule has 0 saturated heterocycles. The number of rotatable bonds is 4. The van der Waals surface area contributed by atoms with Gasteiger partial charge in [-0.25, -0.2) is 0 Å². The molecule has 0 atom stereocenters. The van der Waals surface area contributed by atoms with Crippen LogP contribution in [0.5, 0.6) is 0 Å². The fourth-order valence-electron chi connectivity index (χ4n) is 2.98. The van der Waals surface area contributed by atoms with Gasteiger partial charge in [-0.2, -0.15) is 0 Å². The van der Waals surface area contributed by atoms with Crippen molar-refractivity contribution in [2.75, 3.05) is 13.1 Å². The van der Waals surface area contributed by atoms with E-state index in [1.165, 1.54) is 27.8 Å². The lowest BCUT2D eigenvalue weighted by Crippen LogP contribution is -2.24. The van der Waals surface area contributed by atoms with E-state index in [1.807, 2.05) is 0 Å². The molecule has 1 aliphatic carbocycles. The zero-order valence-electron chi connectivity index (χ0n) is 14.5. The van der Waals surface area contributed by atoms with Gasteiger partial charge in [-0.3, -0.25) is 16.3 Å². The number of nitrogens with two attached hydrogens (primary N) is 1. The summed E-state index contributed by atoms with van der Waals surface area (Å²) in [5.41, 5.74) is 9.65. The Hall–Kier alpha value is -2.23. The molecule has 2 aromatic rings. The van der Waals surface area contributed by atoms with Crippen molar-refractivity contribution >= 4 is 12.3 Å². The third-order valence-corrected chi connectivity index (χ3v) is 4.10. The fourth-order valence-corrected chi connectivity index (χ4v) is 2.98. The van der Waals surface area contributed by atoms with Crippen LogP contribution < -0.4 is 11.3 Å². The fraction of sp³-hybridized carbons (Fsp3) is 0.286. The third-order valence-electron chi connectivity index (χ3n) is 4.10. The molecule has 0 spiro atoms. The molecule has 0 saturated carbocycles. The van der Waals surface area contributed by atoms with Crippen molar-refractivity contribution in [3.63, 3.8) is 0 Å². The first-order chi connectivity index (χ1) is 11.8. The Labute approximate surface area is 145 Å². The summed E-state index contributed by atoms with van der Waals surface area (Å²) in [5, 5.41) is 0. The lowest BCUT2D eigenvalue weighted by Gasteiger charge is -2.11. The number of benzene rings is 2. The molecule has 0 unspecified atom stereocenters. The van der Waals surface area contributed by atoms with E-state index in [9.17, 15) is 0 Å². The molecule has 2 aromatic carbocycles. The molecule has 3 N–H and O–H groups in total. The van der Waals surface area contributed by atoms with E-state index in [0.717, 1.165) is 19.3 Å². The van der Waals surface area contributed by atoms with E-state index in [2.05, 4.69) is 78.7 Å². The molecule has 0 fully saturated rings. The summed E-state index contributed by atoms with van der Waals surface area (Å²) < 4.78 is 0. The van der Waals surface area contributed by atoms with Crippen LogP contribution in [0.3, 0.4) is 0 Å². The molecule has 0 amide bonds. The summed E-state index contributed by atoms with van der Waals surface area (Å²) in [6.45, 7) is 6.87. The van der Waals surface area contributed by atoms with Crippen molar-refractivity contribution in [1.29, 1.82) is 0 Å². The van der Waals surface area contributed by atoms with E-state index in [-0.39, 0.29) is 0 Å². The van der Waals surface area contributed by atoms with Crippen LogP contribution in [0.2, 0.25) is 0 Å². The number of hydrazine groups is 1. The van der Waals surface area contributed by atoms with Gasteiger partial charge in [0.15, 0.2) is 0 Å². The Morgan fingerprint density at radius 3 is 2.00 bits per heavy atom. The molecular weight excluding hydrogens is 294 g/mol. The molecule has 0 heterocycles. The van der Waals surface area contributed by atoms with Gasteiger partial charge < -0.3 is 0 Å². The van der Waals surface area contributed by atoms with Crippen molar-refractivity contribution in [3.05, 3.63) is 76.9 Å². The normalized spacial score (nSPS) is 12.2. The summed E-state index contributed by atoms with van der Waals surface area (Å²) in [5.74, 6) is 4.88. The van der Waals surface area contributed by atoms with Crippen LogP contribution in [-0.2, 0) is 12.8 Å². The van der Waals surface area contributed by atoms with Gasteiger partial charge in [-0.05, 0) is 53.8 Å². The highest BCUT2D eigenvalue weighted by atomic mass is 15.2. The second kappa shape index (κ2) is 9.81. The minimum atomic E-state index is 0.691. The van der Waals surface area contributed by atoms with Gasteiger partial charge in [0.2, 0.25) is 0 Å². The second-order valence-corrected chi connectivity index (χ2v) is 5.74. The molecule has 3 nitrogen and oxygen atoms in total. The van der Waals surface area contributed by atoms with Crippen molar-refractivity contribution < 1.29 is 0 Å². The Morgan fingerprint density at radius 1 is 1.04 bits per heavy atom. The quantitative estimate of drug-likeness (QED) is 0.390. The number of aryl methyl sites for hydroxylation is 2. The van der Waals surface area contributed by atoms with Crippen LogP contribution in [0, 0.1) is 0 Å². The maximum Gasteiger partial charge on any atom is 0.0520 e. The van der Waals surface area contributed by atoms with Gasteiger partial charge in [0.1, 0.15) is 0 Å².